The minimum Gasteiger partial charge on any atom is -0.497 e. The monoisotopic (exact) mass is 477 g/mol. The predicted octanol–water partition coefficient (Wildman–Crippen LogP) is 2.20. The van der Waals surface area contributed by atoms with Crippen LogP contribution in [0, 0.1) is 5.41 Å². The molecule has 1 saturated heterocycles. The van der Waals surface area contributed by atoms with E-state index < -0.39 is 0 Å². The lowest BCUT2D eigenvalue weighted by Gasteiger charge is -2.24. The van der Waals surface area contributed by atoms with Gasteiger partial charge in [0, 0.05) is 31.7 Å². The number of aliphatic hydroxyl groups excluding tert-OH is 1. The predicted molar refractivity (Wildman–Crippen MR) is 116 cm³/mol. The average Bonchev–Trinajstić information content (AvgIpc) is 3.09. The molecular formula is C19H32IN3O3. The highest BCUT2D eigenvalue weighted by molar-refractivity contribution is 14.0. The first kappa shape index (κ1) is 23.0. The van der Waals surface area contributed by atoms with Gasteiger partial charge in [0.05, 0.1) is 20.3 Å². The summed E-state index contributed by atoms with van der Waals surface area (Å²) in [6.45, 7) is 5.98. The minimum absolute atomic E-state index is 0. The normalized spacial score (nSPS) is 19.7. The number of aliphatic hydroxyl groups is 1. The van der Waals surface area contributed by atoms with Crippen molar-refractivity contribution in [2.75, 3.05) is 46.6 Å². The first-order valence-corrected chi connectivity index (χ1v) is 9.05. The Kier molecular flexibility index (Phi) is 10.9. The number of ether oxygens (including phenoxy) is 2. The zero-order valence-electron chi connectivity index (χ0n) is 15.8. The van der Waals surface area contributed by atoms with E-state index in [1.807, 2.05) is 12.1 Å². The molecule has 1 aromatic carbocycles. The summed E-state index contributed by atoms with van der Waals surface area (Å²) in [5.41, 5.74) is 1.23. The number of halogens is 1. The Morgan fingerprint density at radius 1 is 1.31 bits per heavy atom. The maximum Gasteiger partial charge on any atom is 0.191 e. The lowest BCUT2D eigenvalue weighted by atomic mass is 9.84. The van der Waals surface area contributed by atoms with Crippen LogP contribution < -0.4 is 15.4 Å². The largest absolute Gasteiger partial charge is 0.497 e. The van der Waals surface area contributed by atoms with E-state index >= 15 is 0 Å². The van der Waals surface area contributed by atoms with E-state index in [4.69, 9.17) is 14.5 Å². The maximum atomic E-state index is 9.32. The number of hydrogen-bond acceptors (Lipinski definition) is 4. The fourth-order valence-corrected chi connectivity index (χ4v) is 2.99. The van der Waals surface area contributed by atoms with Crippen LogP contribution in [0.3, 0.4) is 0 Å². The van der Waals surface area contributed by atoms with Gasteiger partial charge >= 0.3 is 0 Å². The van der Waals surface area contributed by atoms with E-state index in [0.29, 0.717) is 13.2 Å². The van der Waals surface area contributed by atoms with Crippen molar-refractivity contribution in [2.45, 2.75) is 26.2 Å². The van der Waals surface area contributed by atoms with Gasteiger partial charge in [-0.25, -0.2) is 0 Å². The fraction of sp³-hybridized carbons (Fsp3) is 0.632. The summed E-state index contributed by atoms with van der Waals surface area (Å²) in [6, 6.07) is 8.12. The van der Waals surface area contributed by atoms with Gasteiger partial charge in [-0.1, -0.05) is 12.1 Å². The number of rotatable bonds is 9. The second-order valence-corrected chi connectivity index (χ2v) is 6.50. The van der Waals surface area contributed by atoms with E-state index in [1.54, 1.807) is 7.11 Å². The molecule has 0 spiro atoms. The number of guanidine groups is 1. The Morgan fingerprint density at radius 3 is 2.65 bits per heavy atom. The molecular weight excluding hydrogens is 445 g/mol. The summed E-state index contributed by atoms with van der Waals surface area (Å²) < 4.78 is 10.7. The molecule has 2 rings (SSSR count). The van der Waals surface area contributed by atoms with Crippen LogP contribution in [-0.4, -0.2) is 57.6 Å². The Balaban J connectivity index is 0.00000338. The Labute approximate surface area is 173 Å². The third-order valence-corrected chi connectivity index (χ3v) is 4.61. The molecule has 0 bridgehead atoms. The van der Waals surface area contributed by atoms with E-state index in [0.717, 1.165) is 50.7 Å². The standard InChI is InChI=1S/C19H31N3O3.HI/c1-3-20-18(22-14-19(9-12-23)10-13-25-15-19)21-11-8-16-4-6-17(24-2)7-5-16;/h4-7,23H,3,8-15H2,1-2H3,(H2,20,21,22);1H. The van der Waals surface area contributed by atoms with Gasteiger partial charge in [-0.3, -0.25) is 4.99 Å². The highest BCUT2D eigenvalue weighted by Gasteiger charge is 2.34. The SMILES string of the molecule is CCNC(=NCC1(CCO)CCOC1)NCCc1ccc(OC)cc1.I. The van der Waals surface area contributed by atoms with Crippen LogP contribution in [-0.2, 0) is 11.2 Å². The number of methoxy groups -OCH3 is 1. The molecule has 0 saturated carbocycles. The average molecular weight is 477 g/mol. The van der Waals surface area contributed by atoms with Crippen molar-refractivity contribution < 1.29 is 14.6 Å². The van der Waals surface area contributed by atoms with E-state index in [9.17, 15) is 5.11 Å². The number of nitrogens with zero attached hydrogens (tertiary/aromatic N) is 1. The fourth-order valence-electron chi connectivity index (χ4n) is 2.99. The van der Waals surface area contributed by atoms with Crippen LogP contribution >= 0.6 is 24.0 Å². The molecule has 1 aliphatic rings. The van der Waals surface area contributed by atoms with Crippen LogP contribution in [0.2, 0.25) is 0 Å². The molecule has 1 fully saturated rings. The topological polar surface area (TPSA) is 75.1 Å². The van der Waals surface area contributed by atoms with Crippen molar-refractivity contribution in [1.29, 1.82) is 0 Å². The second-order valence-electron chi connectivity index (χ2n) is 6.50. The third-order valence-electron chi connectivity index (χ3n) is 4.61. The molecule has 148 valence electrons. The van der Waals surface area contributed by atoms with Crippen LogP contribution in [0.1, 0.15) is 25.3 Å². The minimum atomic E-state index is -0.0207. The molecule has 7 heteroatoms. The summed E-state index contributed by atoms with van der Waals surface area (Å²) >= 11 is 0. The van der Waals surface area contributed by atoms with Crippen molar-refractivity contribution in [3.8, 4) is 5.75 Å². The van der Waals surface area contributed by atoms with Crippen molar-refractivity contribution in [3.63, 3.8) is 0 Å². The highest BCUT2D eigenvalue weighted by atomic mass is 127. The van der Waals surface area contributed by atoms with Crippen molar-refractivity contribution >= 4 is 29.9 Å². The van der Waals surface area contributed by atoms with Gasteiger partial charge in [-0.05, 0) is 43.9 Å². The summed E-state index contributed by atoms with van der Waals surface area (Å²) in [5, 5.41) is 16.0. The molecule has 26 heavy (non-hydrogen) atoms. The molecule has 0 radical (unpaired) electrons. The zero-order chi connectivity index (χ0) is 18.0. The molecule has 0 amide bonds. The first-order chi connectivity index (χ1) is 12.2. The van der Waals surface area contributed by atoms with Crippen molar-refractivity contribution in [3.05, 3.63) is 29.8 Å². The Bertz CT molecular complexity index is 531. The van der Waals surface area contributed by atoms with Gasteiger partial charge in [-0.2, -0.15) is 0 Å². The van der Waals surface area contributed by atoms with Crippen molar-refractivity contribution in [1.82, 2.24) is 10.6 Å². The molecule has 1 atom stereocenters. The quantitative estimate of drug-likeness (QED) is 0.289. The van der Waals surface area contributed by atoms with Gasteiger partial charge in [0.15, 0.2) is 5.96 Å². The molecule has 0 aliphatic carbocycles. The maximum absolute atomic E-state index is 9.32. The van der Waals surface area contributed by atoms with Crippen LogP contribution in [0.5, 0.6) is 5.75 Å². The zero-order valence-corrected chi connectivity index (χ0v) is 18.1. The van der Waals surface area contributed by atoms with Crippen LogP contribution in [0.4, 0.5) is 0 Å². The van der Waals surface area contributed by atoms with Gasteiger partial charge in [0.1, 0.15) is 5.75 Å². The second kappa shape index (κ2) is 12.3. The summed E-state index contributed by atoms with van der Waals surface area (Å²) in [5.74, 6) is 1.69. The summed E-state index contributed by atoms with van der Waals surface area (Å²) in [4.78, 5) is 4.73. The molecule has 1 heterocycles. The van der Waals surface area contributed by atoms with E-state index in [-0.39, 0.29) is 36.0 Å². The van der Waals surface area contributed by atoms with Gasteiger partial charge < -0.3 is 25.2 Å². The first-order valence-electron chi connectivity index (χ1n) is 9.05. The Hall–Kier alpha value is -1.06. The highest BCUT2D eigenvalue weighted by Crippen LogP contribution is 2.32. The summed E-state index contributed by atoms with van der Waals surface area (Å²) in [6.07, 6.45) is 2.61. The van der Waals surface area contributed by atoms with Crippen LogP contribution in [0.15, 0.2) is 29.3 Å². The molecule has 1 aliphatic heterocycles. The number of hydrogen-bond donors (Lipinski definition) is 3. The molecule has 0 aromatic heterocycles. The smallest absolute Gasteiger partial charge is 0.191 e. The van der Waals surface area contributed by atoms with Crippen molar-refractivity contribution in [2.24, 2.45) is 10.4 Å². The summed E-state index contributed by atoms with van der Waals surface area (Å²) in [7, 11) is 1.68. The van der Waals surface area contributed by atoms with Gasteiger partial charge in [0.25, 0.3) is 0 Å². The number of aliphatic imine (C=N–C) groups is 1. The third kappa shape index (κ3) is 7.28. The lowest BCUT2D eigenvalue weighted by Crippen LogP contribution is -2.39. The van der Waals surface area contributed by atoms with Gasteiger partial charge in [0.2, 0.25) is 0 Å². The number of benzene rings is 1. The van der Waals surface area contributed by atoms with Crippen LogP contribution in [0.25, 0.3) is 0 Å². The molecule has 1 unspecified atom stereocenters. The molecule has 6 nitrogen and oxygen atoms in total. The van der Waals surface area contributed by atoms with E-state index in [2.05, 4.69) is 29.7 Å². The van der Waals surface area contributed by atoms with Gasteiger partial charge in [-0.15, -0.1) is 24.0 Å². The Morgan fingerprint density at radius 2 is 2.08 bits per heavy atom. The molecule has 3 N–H and O–H groups in total. The molecule has 1 aromatic rings. The van der Waals surface area contributed by atoms with E-state index in [1.165, 1.54) is 5.56 Å². The number of nitrogens with one attached hydrogen (secondary N) is 2. The lowest BCUT2D eigenvalue weighted by molar-refractivity contribution is 0.131.